The van der Waals surface area contributed by atoms with Crippen molar-refractivity contribution in [1.82, 2.24) is 0 Å². The zero-order valence-electron chi connectivity index (χ0n) is 12.4. The van der Waals surface area contributed by atoms with Crippen LogP contribution in [0.2, 0.25) is 0 Å². The third-order valence-electron chi connectivity index (χ3n) is 3.39. The van der Waals surface area contributed by atoms with Crippen molar-refractivity contribution >= 4 is 21.6 Å². The van der Waals surface area contributed by atoms with Crippen LogP contribution in [-0.4, -0.2) is 7.11 Å². The van der Waals surface area contributed by atoms with Crippen molar-refractivity contribution in [2.24, 2.45) is 0 Å². The Bertz CT molecular complexity index is 599. The summed E-state index contributed by atoms with van der Waals surface area (Å²) >= 11 is 3.59. The van der Waals surface area contributed by atoms with Gasteiger partial charge in [0.25, 0.3) is 0 Å². The lowest BCUT2D eigenvalue weighted by Gasteiger charge is -2.15. The second-order valence-corrected chi connectivity index (χ2v) is 5.94. The molecule has 0 aliphatic heterocycles. The smallest absolute Gasteiger partial charge is 0.119 e. The summed E-state index contributed by atoms with van der Waals surface area (Å²) in [5.74, 6) is 0.877. The molecule has 0 saturated carbocycles. The second-order valence-electron chi connectivity index (χ2n) is 5.08. The quantitative estimate of drug-likeness (QED) is 0.850. The first kappa shape index (κ1) is 14.9. The van der Waals surface area contributed by atoms with Gasteiger partial charge in [-0.1, -0.05) is 33.6 Å². The van der Waals surface area contributed by atoms with Crippen LogP contribution in [0.4, 0.5) is 5.69 Å². The molecule has 2 aromatic carbocycles. The van der Waals surface area contributed by atoms with E-state index in [4.69, 9.17) is 4.74 Å². The monoisotopic (exact) mass is 333 g/mol. The molecular weight excluding hydrogens is 314 g/mol. The number of methoxy groups -OCH3 is 1. The van der Waals surface area contributed by atoms with Gasteiger partial charge in [0.1, 0.15) is 5.75 Å². The van der Waals surface area contributed by atoms with Gasteiger partial charge >= 0.3 is 0 Å². The molecular formula is C17H20BrNO. The van der Waals surface area contributed by atoms with Gasteiger partial charge in [0.15, 0.2) is 0 Å². The van der Waals surface area contributed by atoms with Crippen LogP contribution in [0.1, 0.15) is 22.3 Å². The van der Waals surface area contributed by atoms with Gasteiger partial charge in [-0.05, 0) is 55.7 Å². The highest BCUT2D eigenvalue weighted by molar-refractivity contribution is 9.10. The van der Waals surface area contributed by atoms with E-state index in [-0.39, 0.29) is 0 Å². The highest BCUT2D eigenvalue weighted by atomic mass is 79.9. The Hall–Kier alpha value is -1.48. The molecule has 0 spiro atoms. The van der Waals surface area contributed by atoms with E-state index in [1.807, 2.05) is 12.1 Å². The minimum Gasteiger partial charge on any atom is -0.497 e. The molecule has 0 heterocycles. The fourth-order valence-electron chi connectivity index (χ4n) is 2.46. The highest BCUT2D eigenvalue weighted by Crippen LogP contribution is 2.26. The van der Waals surface area contributed by atoms with Gasteiger partial charge in [-0.25, -0.2) is 0 Å². The molecule has 0 aliphatic rings. The zero-order valence-corrected chi connectivity index (χ0v) is 14.0. The number of aryl methyl sites for hydroxylation is 3. The lowest BCUT2D eigenvalue weighted by atomic mass is 10.0. The molecule has 2 nitrogen and oxygen atoms in total. The van der Waals surface area contributed by atoms with Gasteiger partial charge in [0.2, 0.25) is 0 Å². The zero-order chi connectivity index (χ0) is 14.7. The Labute approximate surface area is 129 Å². The predicted octanol–water partition coefficient (Wildman–Crippen LogP) is 5.00. The summed E-state index contributed by atoms with van der Waals surface area (Å²) in [5.41, 5.74) is 6.25. The lowest BCUT2D eigenvalue weighted by Crippen LogP contribution is -2.04. The third kappa shape index (κ3) is 3.34. The van der Waals surface area contributed by atoms with Crippen molar-refractivity contribution in [2.75, 3.05) is 12.4 Å². The maximum Gasteiger partial charge on any atom is 0.119 e. The second kappa shape index (κ2) is 6.31. The minimum atomic E-state index is 0.766. The van der Waals surface area contributed by atoms with Crippen molar-refractivity contribution in [3.63, 3.8) is 0 Å². The maximum absolute atomic E-state index is 5.28. The van der Waals surface area contributed by atoms with Gasteiger partial charge in [0, 0.05) is 16.7 Å². The lowest BCUT2D eigenvalue weighted by molar-refractivity contribution is 0.414. The van der Waals surface area contributed by atoms with E-state index in [1.54, 1.807) is 7.11 Å². The molecule has 0 fully saturated rings. The molecule has 106 valence electrons. The van der Waals surface area contributed by atoms with Gasteiger partial charge in [-0.3, -0.25) is 0 Å². The first-order valence-electron chi connectivity index (χ1n) is 6.65. The van der Waals surface area contributed by atoms with Crippen molar-refractivity contribution in [2.45, 2.75) is 27.3 Å². The Morgan fingerprint density at radius 1 is 1.05 bits per heavy atom. The van der Waals surface area contributed by atoms with Crippen molar-refractivity contribution in [3.05, 3.63) is 57.1 Å². The number of hydrogen-bond acceptors (Lipinski definition) is 2. The number of benzene rings is 2. The summed E-state index contributed by atoms with van der Waals surface area (Å²) in [6.45, 7) is 7.18. The molecule has 1 N–H and O–H groups in total. The number of nitrogens with one attached hydrogen (secondary N) is 1. The summed E-state index contributed by atoms with van der Waals surface area (Å²) in [6.07, 6.45) is 0. The van der Waals surface area contributed by atoms with E-state index >= 15 is 0 Å². The van der Waals surface area contributed by atoms with E-state index in [0.717, 1.165) is 16.8 Å². The Morgan fingerprint density at radius 3 is 2.30 bits per heavy atom. The summed E-state index contributed by atoms with van der Waals surface area (Å²) < 4.78 is 6.37. The van der Waals surface area contributed by atoms with Gasteiger partial charge in [0.05, 0.1) is 7.11 Å². The van der Waals surface area contributed by atoms with Crippen LogP contribution in [0.5, 0.6) is 5.75 Å². The first-order valence-corrected chi connectivity index (χ1v) is 7.44. The van der Waals surface area contributed by atoms with Crippen LogP contribution < -0.4 is 10.1 Å². The summed E-state index contributed by atoms with van der Waals surface area (Å²) in [5, 5.41) is 3.53. The molecule has 0 aliphatic carbocycles. The van der Waals surface area contributed by atoms with Crippen LogP contribution >= 0.6 is 15.9 Å². The SMILES string of the molecule is COc1ccc(Br)c(CNc2c(C)cc(C)cc2C)c1. The van der Waals surface area contributed by atoms with Crippen LogP contribution in [0, 0.1) is 20.8 Å². The third-order valence-corrected chi connectivity index (χ3v) is 4.16. The molecule has 20 heavy (non-hydrogen) atoms. The molecule has 0 bridgehead atoms. The van der Waals surface area contributed by atoms with E-state index in [2.05, 4.69) is 60.2 Å². The summed E-state index contributed by atoms with van der Waals surface area (Å²) in [4.78, 5) is 0. The average molecular weight is 334 g/mol. The van der Waals surface area contributed by atoms with E-state index < -0.39 is 0 Å². The van der Waals surface area contributed by atoms with Crippen molar-refractivity contribution < 1.29 is 4.74 Å². The number of anilines is 1. The Kier molecular flexibility index (Phi) is 4.71. The van der Waals surface area contributed by atoms with E-state index in [1.165, 1.54) is 27.9 Å². The van der Waals surface area contributed by atoms with Gasteiger partial charge in [-0.2, -0.15) is 0 Å². The molecule has 0 saturated heterocycles. The molecule has 0 radical (unpaired) electrons. The topological polar surface area (TPSA) is 21.3 Å². The van der Waals surface area contributed by atoms with Crippen LogP contribution in [0.25, 0.3) is 0 Å². The Balaban J connectivity index is 2.21. The molecule has 2 rings (SSSR count). The number of hydrogen-bond donors (Lipinski definition) is 1. The predicted molar refractivity (Wildman–Crippen MR) is 88.7 cm³/mol. The number of ether oxygens (including phenoxy) is 1. The fraction of sp³-hybridized carbons (Fsp3) is 0.294. The normalized spacial score (nSPS) is 10.4. The number of rotatable bonds is 4. The molecule has 0 amide bonds. The molecule has 0 aromatic heterocycles. The van der Waals surface area contributed by atoms with Gasteiger partial charge in [-0.15, -0.1) is 0 Å². The first-order chi connectivity index (χ1) is 9.51. The largest absolute Gasteiger partial charge is 0.497 e. The summed E-state index contributed by atoms with van der Waals surface area (Å²) in [6, 6.07) is 10.4. The van der Waals surface area contributed by atoms with E-state index in [0.29, 0.717) is 0 Å². The van der Waals surface area contributed by atoms with Crippen LogP contribution in [0.3, 0.4) is 0 Å². The standard InChI is InChI=1S/C17H20BrNO/c1-11-7-12(2)17(13(3)8-11)19-10-14-9-15(20-4)5-6-16(14)18/h5-9,19H,10H2,1-4H3. The molecule has 2 aromatic rings. The van der Waals surface area contributed by atoms with Crippen molar-refractivity contribution in [1.29, 1.82) is 0 Å². The minimum absolute atomic E-state index is 0.766. The average Bonchev–Trinajstić information content (AvgIpc) is 2.39. The fourth-order valence-corrected chi connectivity index (χ4v) is 2.84. The van der Waals surface area contributed by atoms with Crippen LogP contribution in [-0.2, 0) is 6.54 Å². The molecule has 0 atom stereocenters. The number of halogens is 1. The molecule has 3 heteroatoms. The molecule has 0 unspecified atom stereocenters. The van der Waals surface area contributed by atoms with Crippen LogP contribution in [0.15, 0.2) is 34.8 Å². The van der Waals surface area contributed by atoms with Crippen molar-refractivity contribution in [3.8, 4) is 5.75 Å². The highest BCUT2D eigenvalue weighted by Gasteiger charge is 2.06. The maximum atomic E-state index is 5.28. The van der Waals surface area contributed by atoms with E-state index in [9.17, 15) is 0 Å². The Morgan fingerprint density at radius 2 is 1.70 bits per heavy atom. The van der Waals surface area contributed by atoms with Gasteiger partial charge < -0.3 is 10.1 Å². The summed E-state index contributed by atoms with van der Waals surface area (Å²) in [7, 11) is 1.69.